The van der Waals surface area contributed by atoms with E-state index in [0.717, 1.165) is 10.5 Å². The van der Waals surface area contributed by atoms with E-state index in [1.165, 1.54) is 23.9 Å². The number of hydrogen-bond acceptors (Lipinski definition) is 4. The molecule has 0 bridgehead atoms. The van der Waals surface area contributed by atoms with Gasteiger partial charge in [-0.15, -0.1) is 11.8 Å². The molecule has 2 rings (SSSR count). The summed E-state index contributed by atoms with van der Waals surface area (Å²) in [6.45, 7) is 1.70. The van der Waals surface area contributed by atoms with Gasteiger partial charge in [-0.25, -0.2) is 4.39 Å². The first kappa shape index (κ1) is 18.8. The van der Waals surface area contributed by atoms with Crippen molar-refractivity contribution in [1.82, 2.24) is 10.9 Å². The van der Waals surface area contributed by atoms with Crippen molar-refractivity contribution in [1.29, 1.82) is 0 Å². The summed E-state index contributed by atoms with van der Waals surface area (Å²) in [6, 6.07) is 13.4. The van der Waals surface area contributed by atoms with E-state index >= 15 is 0 Å². The smallest absolute Gasteiger partial charge is 0.276 e. The first-order valence-electron chi connectivity index (χ1n) is 7.69. The molecule has 7 heteroatoms. The minimum atomic E-state index is -0.442. The summed E-state index contributed by atoms with van der Waals surface area (Å²) in [7, 11) is 0. The minimum absolute atomic E-state index is 0.185. The average Bonchev–Trinajstić information content (AvgIpc) is 2.61. The van der Waals surface area contributed by atoms with E-state index < -0.39 is 5.91 Å². The largest absolute Gasteiger partial charge is 0.483 e. The number of rotatable bonds is 7. The molecule has 0 aliphatic carbocycles. The second-order valence-electron chi connectivity index (χ2n) is 5.20. The number of aryl methyl sites for hydroxylation is 1. The number of ether oxygens (including phenoxy) is 1. The molecule has 0 aliphatic heterocycles. The maximum absolute atomic E-state index is 12.8. The Morgan fingerprint density at radius 1 is 1.04 bits per heavy atom. The highest BCUT2D eigenvalue weighted by molar-refractivity contribution is 7.99. The number of hydrazine groups is 1. The number of carbonyl (C=O) groups excluding carboxylic acids is 2. The summed E-state index contributed by atoms with van der Waals surface area (Å²) < 4.78 is 18.2. The van der Waals surface area contributed by atoms with Gasteiger partial charge >= 0.3 is 0 Å². The zero-order valence-corrected chi connectivity index (χ0v) is 14.6. The van der Waals surface area contributed by atoms with Gasteiger partial charge in [0.2, 0.25) is 5.91 Å². The van der Waals surface area contributed by atoms with Crippen molar-refractivity contribution in [3.63, 3.8) is 0 Å². The highest BCUT2D eigenvalue weighted by Crippen LogP contribution is 2.18. The average molecular weight is 362 g/mol. The second kappa shape index (κ2) is 9.68. The molecule has 25 heavy (non-hydrogen) atoms. The third-order valence-corrected chi connectivity index (χ3v) is 4.22. The van der Waals surface area contributed by atoms with Crippen molar-refractivity contribution in [3.05, 3.63) is 59.9 Å². The Morgan fingerprint density at radius 3 is 2.44 bits per heavy atom. The monoisotopic (exact) mass is 362 g/mol. The molecule has 2 aromatic rings. The Morgan fingerprint density at radius 2 is 1.72 bits per heavy atom. The van der Waals surface area contributed by atoms with Gasteiger partial charge in [-0.3, -0.25) is 20.4 Å². The lowest BCUT2D eigenvalue weighted by molar-refractivity contribution is -0.129. The number of carbonyl (C=O) groups is 2. The number of benzene rings is 2. The molecule has 0 fully saturated rings. The van der Waals surface area contributed by atoms with Gasteiger partial charge in [-0.2, -0.15) is 0 Å². The van der Waals surface area contributed by atoms with Crippen LogP contribution in [0.15, 0.2) is 53.4 Å². The number of hydrogen-bond donors (Lipinski definition) is 2. The lowest BCUT2D eigenvalue weighted by Crippen LogP contribution is -2.43. The Balaban J connectivity index is 1.61. The first-order valence-corrected chi connectivity index (χ1v) is 8.67. The molecule has 132 valence electrons. The van der Waals surface area contributed by atoms with Gasteiger partial charge in [0.05, 0.1) is 0 Å². The molecule has 0 spiro atoms. The van der Waals surface area contributed by atoms with Crippen LogP contribution in [0.2, 0.25) is 0 Å². The maximum Gasteiger partial charge on any atom is 0.276 e. The van der Waals surface area contributed by atoms with Gasteiger partial charge in [-0.1, -0.05) is 18.2 Å². The van der Waals surface area contributed by atoms with Gasteiger partial charge in [0.15, 0.2) is 6.61 Å². The van der Waals surface area contributed by atoms with Crippen LogP contribution in [0.4, 0.5) is 4.39 Å². The number of nitrogens with one attached hydrogen (secondary N) is 2. The lowest BCUT2D eigenvalue weighted by Gasteiger charge is -2.10. The number of thioether (sulfide) groups is 1. The Labute approximate surface area is 149 Å². The quantitative estimate of drug-likeness (QED) is 0.587. The molecule has 0 aromatic heterocycles. The summed E-state index contributed by atoms with van der Waals surface area (Å²) in [5, 5.41) is 0. The normalized spacial score (nSPS) is 10.2. The van der Waals surface area contributed by atoms with Crippen LogP contribution >= 0.6 is 11.8 Å². The molecule has 0 radical (unpaired) electrons. The fourth-order valence-corrected chi connectivity index (χ4v) is 2.74. The van der Waals surface area contributed by atoms with Crippen molar-refractivity contribution >= 4 is 23.6 Å². The number of halogens is 1. The van der Waals surface area contributed by atoms with Crippen LogP contribution in [-0.4, -0.2) is 24.2 Å². The van der Waals surface area contributed by atoms with Crippen molar-refractivity contribution in [3.8, 4) is 5.75 Å². The summed E-state index contributed by atoms with van der Waals surface area (Å²) in [4.78, 5) is 24.2. The predicted octanol–water partition coefficient (Wildman–Crippen LogP) is 2.84. The van der Waals surface area contributed by atoms with E-state index in [9.17, 15) is 14.0 Å². The number of amides is 2. The van der Waals surface area contributed by atoms with E-state index in [4.69, 9.17) is 4.74 Å². The lowest BCUT2D eigenvalue weighted by atomic mass is 10.2. The highest BCUT2D eigenvalue weighted by atomic mass is 32.2. The van der Waals surface area contributed by atoms with Crippen LogP contribution in [-0.2, 0) is 9.59 Å². The Bertz CT molecular complexity index is 723. The van der Waals surface area contributed by atoms with Crippen LogP contribution in [0.25, 0.3) is 0 Å². The van der Waals surface area contributed by atoms with E-state index in [0.29, 0.717) is 11.5 Å². The highest BCUT2D eigenvalue weighted by Gasteiger charge is 2.07. The molecule has 2 aromatic carbocycles. The Kier molecular flexibility index (Phi) is 7.28. The zero-order valence-electron chi connectivity index (χ0n) is 13.8. The summed E-state index contributed by atoms with van der Waals surface area (Å²) in [5.41, 5.74) is 5.57. The van der Waals surface area contributed by atoms with Crippen molar-refractivity contribution in [2.45, 2.75) is 18.2 Å². The van der Waals surface area contributed by atoms with Crippen LogP contribution in [0, 0.1) is 12.7 Å². The van der Waals surface area contributed by atoms with Gasteiger partial charge in [0, 0.05) is 17.1 Å². The molecular formula is C18H19FN2O3S. The zero-order chi connectivity index (χ0) is 18.1. The summed E-state index contributed by atoms with van der Waals surface area (Å²) >= 11 is 1.44. The molecular weight excluding hydrogens is 343 g/mol. The molecule has 2 N–H and O–H groups in total. The first-order chi connectivity index (χ1) is 12.0. The molecule has 0 atom stereocenters. The minimum Gasteiger partial charge on any atom is -0.483 e. The fraction of sp³-hybridized carbons (Fsp3) is 0.222. The number of para-hydroxylation sites is 1. The maximum atomic E-state index is 12.8. The van der Waals surface area contributed by atoms with Crippen LogP contribution < -0.4 is 15.6 Å². The molecule has 2 amide bonds. The predicted molar refractivity (Wildman–Crippen MR) is 94.7 cm³/mol. The molecule has 0 saturated carbocycles. The van der Waals surface area contributed by atoms with Gasteiger partial charge in [0.25, 0.3) is 5.91 Å². The van der Waals surface area contributed by atoms with E-state index in [1.54, 1.807) is 18.2 Å². The van der Waals surface area contributed by atoms with Crippen molar-refractivity contribution < 1.29 is 18.7 Å². The van der Waals surface area contributed by atoms with Gasteiger partial charge in [-0.05, 0) is 42.8 Å². The van der Waals surface area contributed by atoms with Gasteiger partial charge < -0.3 is 4.74 Å². The topological polar surface area (TPSA) is 67.4 Å². The molecule has 0 aliphatic rings. The van der Waals surface area contributed by atoms with Crippen LogP contribution in [0.3, 0.4) is 0 Å². The molecule has 0 unspecified atom stereocenters. The van der Waals surface area contributed by atoms with E-state index in [-0.39, 0.29) is 24.8 Å². The SMILES string of the molecule is Cc1ccccc1OCC(=O)NNC(=O)CCSc1ccc(F)cc1. The van der Waals surface area contributed by atoms with Crippen molar-refractivity contribution in [2.75, 3.05) is 12.4 Å². The second-order valence-corrected chi connectivity index (χ2v) is 6.37. The van der Waals surface area contributed by atoms with Gasteiger partial charge in [0.1, 0.15) is 11.6 Å². The van der Waals surface area contributed by atoms with Crippen molar-refractivity contribution in [2.24, 2.45) is 0 Å². The Hall–Kier alpha value is -2.54. The van der Waals surface area contributed by atoms with E-state index in [1.807, 2.05) is 25.1 Å². The fourth-order valence-electron chi connectivity index (χ4n) is 1.89. The third kappa shape index (κ3) is 6.84. The van der Waals surface area contributed by atoms with E-state index in [2.05, 4.69) is 10.9 Å². The molecule has 0 heterocycles. The summed E-state index contributed by atoms with van der Waals surface area (Å²) in [6.07, 6.45) is 0.223. The standard InChI is InChI=1S/C18H19FN2O3S/c1-13-4-2-3-5-16(13)24-12-18(23)21-20-17(22)10-11-25-15-8-6-14(19)7-9-15/h2-9H,10-12H2,1H3,(H,20,22)(H,21,23). The molecule has 5 nitrogen and oxygen atoms in total. The summed E-state index contributed by atoms with van der Waals surface area (Å²) in [5.74, 6) is 0.103. The van der Waals surface area contributed by atoms with Crippen LogP contribution in [0.1, 0.15) is 12.0 Å². The van der Waals surface area contributed by atoms with Crippen LogP contribution in [0.5, 0.6) is 5.75 Å². The molecule has 0 saturated heterocycles. The third-order valence-electron chi connectivity index (χ3n) is 3.21.